The summed E-state index contributed by atoms with van der Waals surface area (Å²) < 4.78 is 1.73. The van der Waals surface area contributed by atoms with Gasteiger partial charge in [-0.15, -0.1) is 12.4 Å². The molecule has 5 nitrogen and oxygen atoms in total. The van der Waals surface area contributed by atoms with Crippen molar-refractivity contribution in [1.82, 2.24) is 20.0 Å². The van der Waals surface area contributed by atoms with E-state index in [4.69, 9.17) is 0 Å². The predicted octanol–water partition coefficient (Wildman–Crippen LogP) is 2.12. The quantitative estimate of drug-likeness (QED) is 0.931. The molecule has 1 saturated heterocycles. The van der Waals surface area contributed by atoms with Crippen LogP contribution in [0.5, 0.6) is 0 Å². The van der Waals surface area contributed by atoms with Gasteiger partial charge in [0.05, 0.1) is 6.20 Å². The molecule has 0 saturated carbocycles. The maximum Gasteiger partial charge on any atom is 0.244 e. The van der Waals surface area contributed by atoms with E-state index < -0.39 is 0 Å². The van der Waals surface area contributed by atoms with Crippen LogP contribution in [0.1, 0.15) is 29.5 Å². The summed E-state index contributed by atoms with van der Waals surface area (Å²) in [6.07, 6.45) is 4.67. The summed E-state index contributed by atoms with van der Waals surface area (Å²) in [5.74, 6) is 0.575. The minimum Gasteiger partial charge on any atom is -0.340 e. The van der Waals surface area contributed by atoms with Crippen molar-refractivity contribution in [2.45, 2.75) is 18.4 Å². The third-order valence-electron chi connectivity index (χ3n) is 4.36. The van der Waals surface area contributed by atoms with Gasteiger partial charge in [0.15, 0.2) is 0 Å². The Balaban J connectivity index is 0.00000192. The van der Waals surface area contributed by atoms with Gasteiger partial charge < -0.3 is 10.2 Å². The number of likely N-dealkylation sites (tertiary alicyclic amines) is 1. The maximum atomic E-state index is 12.8. The first-order valence-electron chi connectivity index (χ1n) is 7.68. The first-order valence-corrected chi connectivity index (χ1v) is 7.68. The van der Waals surface area contributed by atoms with Crippen LogP contribution < -0.4 is 5.32 Å². The smallest absolute Gasteiger partial charge is 0.244 e. The third-order valence-corrected chi connectivity index (χ3v) is 4.36. The molecule has 1 N–H and O–H groups in total. The fraction of sp³-hybridized carbons (Fsp3) is 0.412. The van der Waals surface area contributed by atoms with Gasteiger partial charge in [0.1, 0.15) is 6.04 Å². The second-order valence-electron chi connectivity index (χ2n) is 5.85. The zero-order valence-electron chi connectivity index (χ0n) is 13.5. The first-order chi connectivity index (χ1) is 10.7. The van der Waals surface area contributed by atoms with E-state index >= 15 is 0 Å². The number of likely N-dealkylation sites (N-methyl/N-ethyl adjacent to an activating group) is 1. The zero-order chi connectivity index (χ0) is 15.5. The number of hydrogen-bond acceptors (Lipinski definition) is 3. The number of aromatic nitrogens is 2. The number of nitrogens with zero attached hydrogens (tertiary/aromatic N) is 3. The Kier molecular flexibility index (Phi) is 5.80. The summed E-state index contributed by atoms with van der Waals surface area (Å²) in [4.78, 5) is 14.8. The van der Waals surface area contributed by atoms with Gasteiger partial charge in [0, 0.05) is 37.8 Å². The molecule has 1 aliphatic rings. The molecule has 2 aromatic rings. The van der Waals surface area contributed by atoms with Crippen molar-refractivity contribution in [2.75, 3.05) is 20.1 Å². The van der Waals surface area contributed by atoms with E-state index in [1.165, 1.54) is 5.56 Å². The Labute approximate surface area is 143 Å². The third kappa shape index (κ3) is 3.74. The minimum atomic E-state index is -0.316. The van der Waals surface area contributed by atoms with Gasteiger partial charge in [-0.3, -0.25) is 9.48 Å². The number of hydrogen-bond donors (Lipinski definition) is 1. The SMILES string of the molecule is CNC(C(=O)N1CCC(c2ccccc2)C1)c1cnn(C)c1.Cl. The van der Waals surface area contributed by atoms with Gasteiger partial charge in [0.25, 0.3) is 0 Å². The van der Waals surface area contributed by atoms with Gasteiger partial charge in [0.2, 0.25) is 5.91 Å². The highest BCUT2D eigenvalue weighted by Gasteiger charge is 2.32. The monoisotopic (exact) mass is 334 g/mol. The largest absolute Gasteiger partial charge is 0.340 e. The molecule has 2 atom stereocenters. The van der Waals surface area contributed by atoms with Gasteiger partial charge in [-0.1, -0.05) is 30.3 Å². The summed E-state index contributed by atoms with van der Waals surface area (Å²) in [7, 11) is 3.68. The number of amides is 1. The molecule has 0 radical (unpaired) electrons. The topological polar surface area (TPSA) is 50.2 Å². The van der Waals surface area contributed by atoms with E-state index in [-0.39, 0.29) is 24.4 Å². The number of rotatable bonds is 4. The molecule has 124 valence electrons. The molecular weight excluding hydrogens is 312 g/mol. The molecule has 1 aromatic carbocycles. The van der Waals surface area contributed by atoms with Crippen LogP contribution in [0.4, 0.5) is 0 Å². The molecule has 3 rings (SSSR count). The van der Waals surface area contributed by atoms with Gasteiger partial charge in [-0.05, 0) is 19.0 Å². The Morgan fingerprint density at radius 1 is 1.35 bits per heavy atom. The molecule has 0 bridgehead atoms. The van der Waals surface area contributed by atoms with Crippen LogP contribution in [0.3, 0.4) is 0 Å². The molecular formula is C17H23ClN4O. The van der Waals surface area contributed by atoms with Crippen molar-refractivity contribution in [1.29, 1.82) is 0 Å². The van der Waals surface area contributed by atoms with Crippen molar-refractivity contribution in [3.63, 3.8) is 0 Å². The summed E-state index contributed by atoms with van der Waals surface area (Å²) in [5, 5.41) is 7.28. The second-order valence-corrected chi connectivity index (χ2v) is 5.85. The highest BCUT2D eigenvalue weighted by atomic mass is 35.5. The van der Waals surface area contributed by atoms with Crippen molar-refractivity contribution >= 4 is 18.3 Å². The normalized spacial score (nSPS) is 18.5. The zero-order valence-corrected chi connectivity index (χ0v) is 14.3. The van der Waals surface area contributed by atoms with Gasteiger partial charge in [-0.2, -0.15) is 5.10 Å². The van der Waals surface area contributed by atoms with Crippen LogP contribution in [0.15, 0.2) is 42.7 Å². The number of carbonyl (C=O) groups excluding carboxylic acids is 1. The fourth-order valence-electron chi connectivity index (χ4n) is 3.16. The lowest BCUT2D eigenvalue weighted by Crippen LogP contribution is -2.38. The van der Waals surface area contributed by atoms with Crippen molar-refractivity contribution in [3.05, 3.63) is 53.9 Å². The molecule has 2 heterocycles. The fourth-order valence-corrected chi connectivity index (χ4v) is 3.16. The number of carbonyl (C=O) groups is 1. The second kappa shape index (κ2) is 7.62. The van der Waals surface area contributed by atoms with E-state index in [9.17, 15) is 4.79 Å². The number of nitrogens with one attached hydrogen (secondary N) is 1. The van der Waals surface area contributed by atoms with E-state index in [0.717, 1.165) is 25.1 Å². The van der Waals surface area contributed by atoms with Crippen LogP contribution >= 0.6 is 12.4 Å². The number of halogens is 1. The van der Waals surface area contributed by atoms with Crippen molar-refractivity contribution < 1.29 is 4.79 Å². The highest BCUT2D eigenvalue weighted by Crippen LogP contribution is 2.28. The highest BCUT2D eigenvalue weighted by molar-refractivity contribution is 5.85. The Hall–Kier alpha value is -1.85. The molecule has 0 spiro atoms. The van der Waals surface area contributed by atoms with E-state index in [1.807, 2.05) is 31.3 Å². The molecule has 2 unspecified atom stereocenters. The molecule has 0 aliphatic carbocycles. The predicted molar refractivity (Wildman–Crippen MR) is 92.6 cm³/mol. The summed E-state index contributed by atoms with van der Waals surface area (Å²) >= 11 is 0. The van der Waals surface area contributed by atoms with Crippen LogP contribution in [0, 0.1) is 0 Å². The van der Waals surface area contributed by atoms with Crippen LogP contribution in [0.2, 0.25) is 0 Å². The first kappa shape index (κ1) is 17.5. The Morgan fingerprint density at radius 2 is 2.09 bits per heavy atom. The van der Waals surface area contributed by atoms with Crippen LogP contribution in [0.25, 0.3) is 0 Å². The molecule has 1 aliphatic heterocycles. The van der Waals surface area contributed by atoms with Crippen LogP contribution in [-0.2, 0) is 11.8 Å². The summed E-state index contributed by atoms with van der Waals surface area (Å²) in [6.45, 7) is 1.61. The van der Waals surface area contributed by atoms with E-state index in [1.54, 1.807) is 10.9 Å². The van der Waals surface area contributed by atoms with Crippen LogP contribution in [-0.4, -0.2) is 40.7 Å². The maximum absolute atomic E-state index is 12.8. The summed E-state index contributed by atoms with van der Waals surface area (Å²) in [6, 6.07) is 10.1. The molecule has 1 amide bonds. The lowest BCUT2D eigenvalue weighted by molar-refractivity contribution is -0.132. The molecule has 1 fully saturated rings. The average Bonchev–Trinajstić information content (AvgIpc) is 3.18. The average molecular weight is 335 g/mol. The standard InChI is InChI=1S/C17H22N4O.ClH/c1-18-16(15-10-19-20(2)11-15)17(22)21-9-8-14(12-21)13-6-4-3-5-7-13;/h3-7,10-11,14,16,18H,8-9,12H2,1-2H3;1H. The van der Waals surface area contributed by atoms with Crippen molar-refractivity contribution in [3.8, 4) is 0 Å². The Bertz CT molecular complexity index is 643. The summed E-state index contributed by atoms with van der Waals surface area (Å²) in [5.41, 5.74) is 2.23. The number of aryl methyl sites for hydroxylation is 1. The molecule has 1 aromatic heterocycles. The molecule has 23 heavy (non-hydrogen) atoms. The molecule has 6 heteroatoms. The van der Waals surface area contributed by atoms with Crippen molar-refractivity contribution in [2.24, 2.45) is 7.05 Å². The van der Waals surface area contributed by atoms with E-state index in [2.05, 4.69) is 34.7 Å². The number of benzene rings is 1. The Morgan fingerprint density at radius 3 is 2.70 bits per heavy atom. The van der Waals surface area contributed by atoms with Gasteiger partial charge >= 0.3 is 0 Å². The van der Waals surface area contributed by atoms with E-state index in [0.29, 0.717) is 5.92 Å². The van der Waals surface area contributed by atoms with Gasteiger partial charge in [-0.25, -0.2) is 0 Å². The minimum absolute atomic E-state index is 0. The lowest BCUT2D eigenvalue weighted by atomic mass is 9.99. The lowest BCUT2D eigenvalue weighted by Gasteiger charge is -2.22.